The molecule has 2 rings (SSSR count). The molecule has 102 valence electrons. The van der Waals surface area contributed by atoms with Crippen LogP contribution in [0.5, 0.6) is 0 Å². The van der Waals surface area contributed by atoms with Crippen LogP contribution in [0.3, 0.4) is 0 Å². The lowest BCUT2D eigenvalue weighted by atomic mass is 9.77. The highest BCUT2D eigenvalue weighted by atomic mass is 16.5. The van der Waals surface area contributed by atoms with E-state index < -0.39 is 0 Å². The quantitative estimate of drug-likeness (QED) is 0.768. The molecule has 0 radical (unpaired) electrons. The van der Waals surface area contributed by atoms with Crippen molar-refractivity contribution in [2.75, 3.05) is 13.7 Å². The Balaban J connectivity index is 1.73. The summed E-state index contributed by atoms with van der Waals surface area (Å²) in [5, 5.41) is 15.5. The maximum absolute atomic E-state index is 5.59. The van der Waals surface area contributed by atoms with Crippen molar-refractivity contribution in [2.45, 2.75) is 44.8 Å². The van der Waals surface area contributed by atoms with E-state index in [0.717, 1.165) is 24.8 Å². The smallest absolute Gasteiger partial charge is 0.176 e. The van der Waals surface area contributed by atoms with E-state index in [4.69, 9.17) is 4.74 Å². The van der Waals surface area contributed by atoms with Crippen LogP contribution in [-0.4, -0.2) is 46.0 Å². The van der Waals surface area contributed by atoms with Gasteiger partial charge in [-0.2, -0.15) is 4.80 Å². The lowest BCUT2D eigenvalue weighted by molar-refractivity contribution is -0.0288. The Bertz CT molecular complexity index is 361. The van der Waals surface area contributed by atoms with Crippen LogP contribution in [0.1, 0.15) is 32.0 Å². The molecule has 1 aromatic rings. The first-order valence-electron chi connectivity index (χ1n) is 6.73. The molecule has 1 atom stereocenters. The molecule has 1 aliphatic carbocycles. The van der Waals surface area contributed by atoms with Gasteiger partial charge in [0.2, 0.25) is 0 Å². The van der Waals surface area contributed by atoms with Crippen molar-refractivity contribution in [1.82, 2.24) is 25.5 Å². The predicted octanol–water partition coefficient (Wildman–Crippen LogP) is 0.546. The van der Waals surface area contributed by atoms with Gasteiger partial charge in [-0.25, -0.2) is 0 Å². The number of ether oxygens (including phenoxy) is 1. The van der Waals surface area contributed by atoms with Crippen molar-refractivity contribution in [3.8, 4) is 0 Å². The van der Waals surface area contributed by atoms with E-state index in [9.17, 15) is 0 Å². The fourth-order valence-electron chi connectivity index (χ4n) is 2.57. The lowest BCUT2D eigenvalue weighted by Crippen LogP contribution is -2.38. The van der Waals surface area contributed by atoms with Crippen molar-refractivity contribution in [3.05, 3.63) is 5.82 Å². The van der Waals surface area contributed by atoms with Crippen molar-refractivity contribution in [2.24, 2.45) is 13.0 Å². The number of rotatable bonds is 7. The average molecular weight is 253 g/mol. The SMILES string of the molecule is CCOC1CC(CC(Cc2nnn(C)n2)NC)C1. The molecule has 0 bridgehead atoms. The minimum atomic E-state index is 0.432. The number of aromatic nitrogens is 4. The summed E-state index contributed by atoms with van der Waals surface area (Å²) in [6.45, 7) is 2.89. The third-order valence-electron chi connectivity index (χ3n) is 3.60. The molecular formula is C12H23N5O. The zero-order valence-electron chi connectivity index (χ0n) is 11.5. The molecule has 18 heavy (non-hydrogen) atoms. The standard InChI is InChI=1S/C12H23N5O/c1-4-18-11-6-9(7-11)5-10(13-2)8-12-14-16-17(3)15-12/h9-11,13H,4-8H2,1-3H3. The molecule has 1 saturated carbocycles. The van der Waals surface area contributed by atoms with E-state index in [0.29, 0.717) is 12.1 Å². The zero-order valence-corrected chi connectivity index (χ0v) is 11.5. The van der Waals surface area contributed by atoms with Gasteiger partial charge in [-0.15, -0.1) is 10.2 Å². The van der Waals surface area contributed by atoms with Gasteiger partial charge in [0.05, 0.1) is 13.2 Å². The normalized spacial score (nSPS) is 24.8. The van der Waals surface area contributed by atoms with Crippen LogP contribution in [0, 0.1) is 5.92 Å². The van der Waals surface area contributed by atoms with Crippen LogP contribution in [-0.2, 0) is 18.2 Å². The second-order valence-electron chi connectivity index (χ2n) is 5.04. The molecule has 0 saturated heterocycles. The molecule has 6 heteroatoms. The van der Waals surface area contributed by atoms with Crippen molar-refractivity contribution < 1.29 is 4.74 Å². The molecule has 1 N–H and O–H groups in total. The molecule has 1 aliphatic rings. The first-order valence-corrected chi connectivity index (χ1v) is 6.73. The van der Waals surface area contributed by atoms with Gasteiger partial charge >= 0.3 is 0 Å². The largest absolute Gasteiger partial charge is 0.378 e. The molecule has 0 aliphatic heterocycles. The Labute approximate surface area is 108 Å². The Hall–Kier alpha value is -1.01. The summed E-state index contributed by atoms with van der Waals surface area (Å²) in [6, 6.07) is 0.432. The maximum Gasteiger partial charge on any atom is 0.176 e. The number of tetrazole rings is 1. The fourth-order valence-corrected chi connectivity index (χ4v) is 2.57. The van der Waals surface area contributed by atoms with E-state index in [2.05, 4.69) is 27.7 Å². The van der Waals surface area contributed by atoms with E-state index in [1.807, 2.05) is 7.05 Å². The molecule has 6 nitrogen and oxygen atoms in total. The Morgan fingerprint density at radius 1 is 1.50 bits per heavy atom. The summed E-state index contributed by atoms with van der Waals surface area (Å²) in [5.74, 6) is 1.59. The van der Waals surface area contributed by atoms with Gasteiger partial charge in [0, 0.05) is 19.1 Å². The predicted molar refractivity (Wildman–Crippen MR) is 68.1 cm³/mol. The number of aryl methyl sites for hydroxylation is 1. The van der Waals surface area contributed by atoms with Crippen LogP contribution in [0.25, 0.3) is 0 Å². The van der Waals surface area contributed by atoms with Gasteiger partial charge in [0.1, 0.15) is 0 Å². The van der Waals surface area contributed by atoms with E-state index in [-0.39, 0.29) is 0 Å². The molecule has 0 aromatic carbocycles. The summed E-state index contributed by atoms with van der Waals surface area (Å²) in [5.41, 5.74) is 0. The minimum Gasteiger partial charge on any atom is -0.378 e. The number of hydrogen-bond acceptors (Lipinski definition) is 5. The molecule has 1 unspecified atom stereocenters. The monoisotopic (exact) mass is 253 g/mol. The highest BCUT2D eigenvalue weighted by Gasteiger charge is 2.31. The van der Waals surface area contributed by atoms with Gasteiger partial charge in [0.15, 0.2) is 5.82 Å². The molecule has 0 spiro atoms. The lowest BCUT2D eigenvalue weighted by Gasteiger charge is -2.36. The summed E-state index contributed by atoms with van der Waals surface area (Å²) in [6.07, 6.45) is 4.89. The third-order valence-corrected chi connectivity index (χ3v) is 3.60. The maximum atomic E-state index is 5.59. The number of nitrogens with zero attached hydrogens (tertiary/aromatic N) is 4. The second-order valence-corrected chi connectivity index (χ2v) is 5.04. The summed E-state index contributed by atoms with van der Waals surface area (Å²) in [7, 11) is 3.79. The van der Waals surface area contributed by atoms with Crippen molar-refractivity contribution in [3.63, 3.8) is 0 Å². The fraction of sp³-hybridized carbons (Fsp3) is 0.917. The molecule has 1 fully saturated rings. The topological polar surface area (TPSA) is 64.9 Å². The highest BCUT2D eigenvalue weighted by molar-refractivity contribution is 4.89. The van der Waals surface area contributed by atoms with Gasteiger partial charge in [0.25, 0.3) is 0 Å². The average Bonchev–Trinajstić information content (AvgIpc) is 2.70. The van der Waals surface area contributed by atoms with E-state index >= 15 is 0 Å². The molecular weight excluding hydrogens is 230 g/mol. The Kier molecular flexibility index (Phi) is 4.66. The number of likely N-dealkylation sites (N-methyl/N-ethyl adjacent to an activating group) is 1. The third kappa shape index (κ3) is 3.49. The zero-order chi connectivity index (χ0) is 13.0. The highest BCUT2D eigenvalue weighted by Crippen LogP contribution is 2.33. The van der Waals surface area contributed by atoms with Crippen LogP contribution < -0.4 is 5.32 Å². The summed E-state index contributed by atoms with van der Waals surface area (Å²) >= 11 is 0. The first-order chi connectivity index (χ1) is 8.71. The second kappa shape index (κ2) is 6.24. The van der Waals surface area contributed by atoms with Crippen molar-refractivity contribution in [1.29, 1.82) is 0 Å². The van der Waals surface area contributed by atoms with Gasteiger partial charge in [-0.3, -0.25) is 0 Å². The first kappa shape index (κ1) is 13.4. The summed E-state index contributed by atoms with van der Waals surface area (Å²) in [4.78, 5) is 1.51. The van der Waals surface area contributed by atoms with Crippen molar-refractivity contribution >= 4 is 0 Å². The molecule has 1 aromatic heterocycles. The minimum absolute atomic E-state index is 0.432. The van der Waals surface area contributed by atoms with Gasteiger partial charge < -0.3 is 10.1 Å². The van der Waals surface area contributed by atoms with Gasteiger partial charge in [-0.05, 0) is 44.4 Å². The van der Waals surface area contributed by atoms with E-state index in [1.54, 1.807) is 7.05 Å². The number of hydrogen-bond donors (Lipinski definition) is 1. The Morgan fingerprint density at radius 3 is 2.83 bits per heavy atom. The van der Waals surface area contributed by atoms with Crippen LogP contribution in [0.4, 0.5) is 0 Å². The van der Waals surface area contributed by atoms with Gasteiger partial charge in [-0.1, -0.05) is 0 Å². The molecule has 0 amide bonds. The molecule has 1 heterocycles. The van der Waals surface area contributed by atoms with Crippen LogP contribution in [0.2, 0.25) is 0 Å². The van der Waals surface area contributed by atoms with Crippen LogP contribution in [0.15, 0.2) is 0 Å². The Morgan fingerprint density at radius 2 is 2.28 bits per heavy atom. The summed E-state index contributed by atoms with van der Waals surface area (Å²) < 4.78 is 5.59. The number of nitrogens with one attached hydrogen (secondary N) is 1. The van der Waals surface area contributed by atoms with Crippen LogP contribution >= 0.6 is 0 Å². The van der Waals surface area contributed by atoms with E-state index in [1.165, 1.54) is 24.1 Å².